The van der Waals surface area contributed by atoms with E-state index in [0.29, 0.717) is 13.0 Å². The van der Waals surface area contributed by atoms with Crippen LogP contribution in [0.5, 0.6) is 0 Å². The Balaban J connectivity index is 2.04. The molecule has 0 aliphatic rings. The number of fused-ring (bicyclic) bond motifs is 1. The van der Waals surface area contributed by atoms with Gasteiger partial charge in [0.2, 0.25) is 0 Å². The first kappa shape index (κ1) is 15.8. The molecule has 0 saturated carbocycles. The average Bonchev–Trinajstić information content (AvgIpc) is 2.49. The normalized spacial score (nSPS) is 13.0. The van der Waals surface area contributed by atoms with Crippen LogP contribution in [0.4, 0.5) is 8.78 Å². The molecule has 0 amide bonds. The van der Waals surface area contributed by atoms with Crippen LogP contribution in [0.15, 0.2) is 36.5 Å². The Bertz CT molecular complexity index is 563. The van der Waals surface area contributed by atoms with Crippen LogP contribution in [0.2, 0.25) is 0 Å². The van der Waals surface area contributed by atoms with E-state index in [1.54, 1.807) is 6.20 Å². The van der Waals surface area contributed by atoms with Crippen molar-refractivity contribution >= 4 is 10.9 Å². The molecule has 0 radical (unpaired) electrons. The van der Waals surface area contributed by atoms with E-state index in [2.05, 4.69) is 10.3 Å². The second-order valence-corrected chi connectivity index (χ2v) is 4.82. The summed E-state index contributed by atoms with van der Waals surface area (Å²) >= 11 is 0. The second kappa shape index (κ2) is 8.00. The van der Waals surface area contributed by atoms with Crippen LogP contribution in [0.3, 0.4) is 0 Å². The second-order valence-electron chi connectivity index (χ2n) is 4.82. The molecule has 0 saturated heterocycles. The van der Waals surface area contributed by atoms with Crippen LogP contribution in [0.1, 0.15) is 24.9 Å². The summed E-state index contributed by atoms with van der Waals surface area (Å²) in [5, 5.41) is 4.44. The number of aromatic nitrogens is 1. The molecule has 5 heteroatoms. The maximum atomic E-state index is 12.1. The van der Waals surface area contributed by atoms with Gasteiger partial charge in [-0.05, 0) is 30.7 Å². The van der Waals surface area contributed by atoms with Gasteiger partial charge in [-0.1, -0.05) is 25.1 Å². The molecular weight excluding hydrogens is 274 g/mol. The third-order valence-corrected chi connectivity index (χ3v) is 3.28. The van der Waals surface area contributed by atoms with Gasteiger partial charge in [-0.15, -0.1) is 0 Å². The molecule has 2 rings (SSSR count). The molecule has 1 aromatic carbocycles. The molecule has 0 spiro atoms. The largest absolute Gasteiger partial charge is 0.375 e. The molecule has 0 aliphatic carbocycles. The van der Waals surface area contributed by atoms with Crippen molar-refractivity contribution in [2.75, 3.05) is 19.8 Å². The number of pyridine rings is 1. The molecule has 1 unspecified atom stereocenters. The van der Waals surface area contributed by atoms with Gasteiger partial charge in [-0.3, -0.25) is 4.98 Å². The smallest absolute Gasteiger partial charge is 0.261 e. The monoisotopic (exact) mass is 294 g/mol. The van der Waals surface area contributed by atoms with E-state index in [4.69, 9.17) is 4.74 Å². The van der Waals surface area contributed by atoms with Gasteiger partial charge in [0, 0.05) is 24.2 Å². The Kier molecular flexibility index (Phi) is 6.02. The molecular formula is C16H20F2N2O. The Morgan fingerprint density at radius 1 is 1.29 bits per heavy atom. The Morgan fingerprint density at radius 3 is 2.90 bits per heavy atom. The summed E-state index contributed by atoms with van der Waals surface area (Å²) in [6, 6.07) is 10.1. The van der Waals surface area contributed by atoms with E-state index in [9.17, 15) is 8.78 Å². The summed E-state index contributed by atoms with van der Waals surface area (Å²) in [4.78, 5) is 4.35. The summed E-state index contributed by atoms with van der Waals surface area (Å²) in [6.45, 7) is 2.63. The van der Waals surface area contributed by atoms with E-state index in [0.717, 1.165) is 23.0 Å². The van der Waals surface area contributed by atoms with Crippen molar-refractivity contribution in [3.63, 3.8) is 0 Å². The van der Waals surface area contributed by atoms with E-state index >= 15 is 0 Å². The number of halogens is 2. The van der Waals surface area contributed by atoms with E-state index < -0.39 is 13.0 Å². The zero-order chi connectivity index (χ0) is 15.1. The predicted octanol–water partition coefficient (Wildman–Crippen LogP) is 3.56. The first-order chi connectivity index (χ1) is 10.2. The summed E-state index contributed by atoms with van der Waals surface area (Å²) in [7, 11) is 0. The standard InChI is InChI=1S/C16H20F2N2O/c1-2-19-14(7-9-21-11-16(17)18)13-6-5-12-4-3-8-20-15(12)10-13/h3-6,8,10,14,16,19H,2,7,9,11H2,1H3. The lowest BCUT2D eigenvalue weighted by Crippen LogP contribution is -2.22. The minimum atomic E-state index is -2.41. The molecule has 2 aromatic rings. The van der Waals surface area contributed by atoms with Crippen LogP contribution >= 0.6 is 0 Å². The lowest BCUT2D eigenvalue weighted by molar-refractivity contribution is 0.0144. The fourth-order valence-corrected chi connectivity index (χ4v) is 2.31. The van der Waals surface area contributed by atoms with Gasteiger partial charge in [-0.25, -0.2) is 8.78 Å². The SMILES string of the molecule is CCNC(CCOCC(F)F)c1ccc2cccnc2c1. The zero-order valence-electron chi connectivity index (χ0n) is 12.1. The highest BCUT2D eigenvalue weighted by atomic mass is 19.3. The average molecular weight is 294 g/mol. The van der Waals surface area contributed by atoms with Crippen LogP contribution in [-0.2, 0) is 4.74 Å². The van der Waals surface area contributed by atoms with Gasteiger partial charge in [0.25, 0.3) is 6.43 Å². The fraction of sp³-hybridized carbons (Fsp3) is 0.438. The predicted molar refractivity (Wildman–Crippen MR) is 79.6 cm³/mol. The van der Waals surface area contributed by atoms with Crippen LogP contribution < -0.4 is 5.32 Å². The molecule has 1 aromatic heterocycles. The number of ether oxygens (including phenoxy) is 1. The molecule has 114 valence electrons. The molecule has 0 aliphatic heterocycles. The molecule has 0 bridgehead atoms. The lowest BCUT2D eigenvalue weighted by atomic mass is 10.0. The van der Waals surface area contributed by atoms with Gasteiger partial charge in [0.05, 0.1) is 5.52 Å². The first-order valence-electron chi connectivity index (χ1n) is 7.14. The molecule has 1 N–H and O–H groups in total. The number of alkyl halides is 2. The summed E-state index contributed by atoms with van der Waals surface area (Å²) in [6.07, 6.45) is 0.00593. The Labute approximate surface area is 123 Å². The first-order valence-corrected chi connectivity index (χ1v) is 7.14. The van der Waals surface area contributed by atoms with Crippen molar-refractivity contribution in [1.82, 2.24) is 10.3 Å². The van der Waals surface area contributed by atoms with Gasteiger partial charge >= 0.3 is 0 Å². The van der Waals surface area contributed by atoms with Crippen LogP contribution in [0, 0.1) is 0 Å². The van der Waals surface area contributed by atoms with Crippen LogP contribution in [-0.4, -0.2) is 31.2 Å². The quantitative estimate of drug-likeness (QED) is 0.756. The van der Waals surface area contributed by atoms with Crippen molar-refractivity contribution in [1.29, 1.82) is 0 Å². The number of rotatable bonds is 8. The summed E-state index contributed by atoms with van der Waals surface area (Å²) in [5.41, 5.74) is 2.04. The summed E-state index contributed by atoms with van der Waals surface area (Å²) in [5.74, 6) is 0. The number of hydrogen-bond acceptors (Lipinski definition) is 3. The minimum Gasteiger partial charge on any atom is -0.375 e. The highest BCUT2D eigenvalue weighted by molar-refractivity contribution is 5.78. The summed E-state index contributed by atoms with van der Waals surface area (Å²) < 4.78 is 29.1. The number of benzene rings is 1. The van der Waals surface area contributed by atoms with E-state index in [-0.39, 0.29) is 6.04 Å². The van der Waals surface area contributed by atoms with Crippen molar-refractivity contribution in [2.24, 2.45) is 0 Å². The zero-order valence-corrected chi connectivity index (χ0v) is 12.1. The topological polar surface area (TPSA) is 34.1 Å². The molecule has 0 fully saturated rings. The van der Waals surface area contributed by atoms with Gasteiger partial charge in [0.15, 0.2) is 0 Å². The Morgan fingerprint density at radius 2 is 2.14 bits per heavy atom. The maximum absolute atomic E-state index is 12.1. The molecule has 1 heterocycles. The van der Waals surface area contributed by atoms with Gasteiger partial charge < -0.3 is 10.1 Å². The van der Waals surface area contributed by atoms with Crippen LogP contribution in [0.25, 0.3) is 10.9 Å². The van der Waals surface area contributed by atoms with E-state index in [1.807, 2.05) is 37.3 Å². The van der Waals surface area contributed by atoms with Crippen molar-refractivity contribution in [3.05, 3.63) is 42.1 Å². The molecule has 3 nitrogen and oxygen atoms in total. The minimum absolute atomic E-state index is 0.0825. The lowest BCUT2D eigenvalue weighted by Gasteiger charge is -2.18. The molecule has 1 atom stereocenters. The number of hydrogen-bond donors (Lipinski definition) is 1. The van der Waals surface area contributed by atoms with Gasteiger partial charge in [-0.2, -0.15) is 0 Å². The molecule has 21 heavy (non-hydrogen) atoms. The van der Waals surface area contributed by atoms with Gasteiger partial charge in [0.1, 0.15) is 6.61 Å². The number of nitrogens with zero attached hydrogens (tertiary/aromatic N) is 1. The third kappa shape index (κ3) is 4.72. The fourth-order valence-electron chi connectivity index (χ4n) is 2.31. The number of nitrogens with one attached hydrogen (secondary N) is 1. The van der Waals surface area contributed by atoms with Crippen molar-refractivity contribution in [3.8, 4) is 0 Å². The highest BCUT2D eigenvalue weighted by Crippen LogP contribution is 2.21. The van der Waals surface area contributed by atoms with E-state index in [1.165, 1.54) is 0 Å². The third-order valence-electron chi connectivity index (χ3n) is 3.28. The van der Waals surface area contributed by atoms with Crippen molar-refractivity contribution < 1.29 is 13.5 Å². The highest BCUT2D eigenvalue weighted by Gasteiger charge is 2.12. The van der Waals surface area contributed by atoms with Crippen molar-refractivity contribution in [2.45, 2.75) is 25.8 Å². The Hall–Kier alpha value is -1.59. The maximum Gasteiger partial charge on any atom is 0.261 e.